The maximum absolute atomic E-state index is 10.7. The first-order valence-corrected chi connectivity index (χ1v) is 7.16. The molecule has 0 spiro atoms. The zero-order valence-electron chi connectivity index (χ0n) is 10.5. The predicted octanol–water partition coefficient (Wildman–Crippen LogP) is 2.88. The normalized spacial score (nSPS) is 29.0. The first-order chi connectivity index (χ1) is 8.14. The third-order valence-electron chi connectivity index (χ3n) is 3.52. The number of rotatable bonds is 3. The Balaban J connectivity index is 2.13. The standard InChI is InChI=1S/C14H20O2S/c1-11-14(15,7-4-8-17-11)10-12-5-3-6-13(9-12)16-2/h3,5-6,9,11,15H,4,7-8,10H2,1-2H3. The average Bonchev–Trinajstić information content (AvgIpc) is 2.33. The second-order valence-corrected chi connectivity index (χ2v) is 6.20. The summed E-state index contributed by atoms with van der Waals surface area (Å²) in [5.41, 5.74) is 0.594. The van der Waals surface area contributed by atoms with E-state index in [1.165, 1.54) is 5.75 Å². The second-order valence-electron chi connectivity index (χ2n) is 4.75. The number of thioether (sulfide) groups is 1. The van der Waals surface area contributed by atoms with Gasteiger partial charge >= 0.3 is 0 Å². The van der Waals surface area contributed by atoms with E-state index in [1.54, 1.807) is 7.11 Å². The van der Waals surface area contributed by atoms with Gasteiger partial charge in [0.05, 0.1) is 12.7 Å². The van der Waals surface area contributed by atoms with Gasteiger partial charge in [0.25, 0.3) is 0 Å². The highest BCUT2D eigenvalue weighted by atomic mass is 32.2. The Morgan fingerprint density at radius 1 is 1.53 bits per heavy atom. The molecule has 1 aromatic carbocycles. The summed E-state index contributed by atoms with van der Waals surface area (Å²) in [6.45, 7) is 2.13. The van der Waals surface area contributed by atoms with Crippen molar-refractivity contribution in [1.82, 2.24) is 0 Å². The Hall–Kier alpha value is -0.670. The van der Waals surface area contributed by atoms with Crippen molar-refractivity contribution >= 4 is 11.8 Å². The van der Waals surface area contributed by atoms with Gasteiger partial charge in [-0.25, -0.2) is 0 Å². The summed E-state index contributed by atoms with van der Waals surface area (Å²) in [7, 11) is 1.67. The van der Waals surface area contributed by atoms with Gasteiger partial charge in [0.1, 0.15) is 5.75 Å². The summed E-state index contributed by atoms with van der Waals surface area (Å²) >= 11 is 1.87. The second kappa shape index (κ2) is 5.32. The Morgan fingerprint density at radius 2 is 2.35 bits per heavy atom. The number of aliphatic hydroxyl groups is 1. The Bertz CT molecular complexity index is 380. The smallest absolute Gasteiger partial charge is 0.119 e. The van der Waals surface area contributed by atoms with Crippen LogP contribution in [0.15, 0.2) is 24.3 Å². The summed E-state index contributed by atoms with van der Waals surface area (Å²) in [4.78, 5) is 0. The van der Waals surface area contributed by atoms with Crippen LogP contribution in [0.3, 0.4) is 0 Å². The minimum Gasteiger partial charge on any atom is -0.497 e. The van der Waals surface area contributed by atoms with Crippen molar-refractivity contribution < 1.29 is 9.84 Å². The largest absolute Gasteiger partial charge is 0.497 e. The first kappa shape index (κ1) is 12.8. The molecule has 3 heteroatoms. The van der Waals surface area contributed by atoms with Crippen LogP contribution < -0.4 is 4.74 Å². The van der Waals surface area contributed by atoms with E-state index in [2.05, 4.69) is 13.0 Å². The molecule has 17 heavy (non-hydrogen) atoms. The van der Waals surface area contributed by atoms with Gasteiger partial charge in [-0.05, 0) is 36.3 Å². The zero-order valence-corrected chi connectivity index (χ0v) is 11.3. The van der Waals surface area contributed by atoms with Crippen LogP contribution in [0.5, 0.6) is 5.75 Å². The van der Waals surface area contributed by atoms with E-state index in [9.17, 15) is 5.11 Å². The molecule has 1 aliphatic heterocycles. The van der Waals surface area contributed by atoms with E-state index in [1.807, 2.05) is 30.0 Å². The molecule has 1 aromatic rings. The number of benzene rings is 1. The van der Waals surface area contributed by atoms with E-state index >= 15 is 0 Å². The van der Waals surface area contributed by atoms with Crippen LogP contribution in [0.2, 0.25) is 0 Å². The van der Waals surface area contributed by atoms with Crippen molar-refractivity contribution in [2.45, 2.75) is 37.0 Å². The van der Waals surface area contributed by atoms with Crippen LogP contribution in [0.4, 0.5) is 0 Å². The van der Waals surface area contributed by atoms with Crippen molar-refractivity contribution in [2.75, 3.05) is 12.9 Å². The third-order valence-corrected chi connectivity index (χ3v) is 4.99. The van der Waals surface area contributed by atoms with Crippen molar-refractivity contribution in [3.8, 4) is 5.75 Å². The van der Waals surface area contributed by atoms with Gasteiger partial charge in [0.15, 0.2) is 0 Å². The van der Waals surface area contributed by atoms with Gasteiger partial charge in [0.2, 0.25) is 0 Å². The monoisotopic (exact) mass is 252 g/mol. The lowest BCUT2D eigenvalue weighted by atomic mass is 9.87. The number of ether oxygens (including phenoxy) is 1. The van der Waals surface area contributed by atoms with Crippen LogP contribution in [0.25, 0.3) is 0 Å². The van der Waals surface area contributed by atoms with E-state index in [-0.39, 0.29) is 0 Å². The fourth-order valence-corrected chi connectivity index (χ4v) is 3.54. The molecule has 0 radical (unpaired) electrons. The van der Waals surface area contributed by atoms with Crippen LogP contribution in [-0.4, -0.2) is 28.8 Å². The molecule has 2 nitrogen and oxygen atoms in total. The maximum atomic E-state index is 10.7. The Labute approximate surface area is 107 Å². The molecule has 2 unspecified atom stereocenters. The molecule has 2 atom stereocenters. The predicted molar refractivity (Wildman–Crippen MR) is 72.8 cm³/mol. The summed E-state index contributed by atoms with van der Waals surface area (Å²) < 4.78 is 5.22. The lowest BCUT2D eigenvalue weighted by molar-refractivity contribution is 0.0297. The molecule has 1 fully saturated rings. The minimum absolute atomic E-state index is 0.308. The Morgan fingerprint density at radius 3 is 3.06 bits per heavy atom. The fourth-order valence-electron chi connectivity index (χ4n) is 2.36. The maximum Gasteiger partial charge on any atom is 0.119 e. The van der Waals surface area contributed by atoms with Crippen LogP contribution in [0.1, 0.15) is 25.3 Å². The van der Waals surface area contributed by atoms with E-state index < -0.39 is 5.60 Å². The van der Waals surface area contributed by atoms with Crippen molar-refractivity contribution in [3.63, 3.8) is 0 Å². The molecule has 94 valence electrons. The highest BCUT2D eigenvalue weighted by molar-refractivity contribution is 8.00. The molecule has 2 rings (SSSR count). The molecule has 1 N–H and O–H groups in total. The summed E-state index contributed by atoms with van der Waals surface area (Å²) in [5, 5.41) is 11.0. The Kier molecular flexibility index (Phi) is 4.00. The lowest BCUT2D eigenvalue weighted by Gasteiger charge is -2.37. The molecule has 0 amide bonds. The molecule has 0 saturated carbocycles. The molecular formula is C14H20O2S. The number of hydrogen-bond donors (Lipinski definition) is 1. The van der Waals surface area contributed by atoms with E-state index in [4.69, 9.17) is 4.74 Å². The zero-order chi connectivity index (χ0) is 12.3. The van der Waals surface area contributed by atoms with Crippen molar-refractivity contribution in [1.29, 1.82) is 0 Å². The SMILES string of the molecule is COc1cccc(CC2(O)CCCSC2C)c1. The summed E-state index contributed by atoms with van der Waals surface area (Å²) in [5.74, 6) is 2.03. The quantitative estimate of drug-likeness (QED) is 0.897. The van der Waals surface area contributed by atoms with Gasteiger partial charge in [-0.1, -0.05) is 19.1 Å². The highest BCUT2D eigenvalue weighted by Crippen LogP contribution is 2.36. The van der Waals surface area contributed by atoms with Gasteiger partial charge in [-0.2, -0.15) is 11.8 Å². The van der Waals surface area contributed by atoms with E-state index in [0.717, 1.165) is 30.6 Å². The van der Waals surface area contributed by atoms with E-state index in [0.29, 0.717) is 5.25 Å². The van der Waals surface area contributed by atoms with Gasteiger partial charge in [0, 0.05) is 11.7 Å². The molecule has 0 aromatic heterocycles. The molecule has 1 heterocycles. The topological polar surface area (TPSA) is 29.5 Å². The minimum atomic E-state index is -0.560. The highest BCUT2D eigenvalue weighted by Gasteiger charge is 2.36. The summed E-state index contributed by atoms with van der Waals surface area (Å²) in [6, 6.07) is 8.00. The summed E-state index contributed by atoms with van der Waals surface area (Å²) in [6.07, 6.45) is 2.73. The number of methoxy groups -OCH3 is 1. The fraction of sp³-hybridized carbons (Fsp3) is 0.571. The molecule has 0 aliphatic carbocycles. The molecule has 0 bridgehead atoms. The van der Waals surface area contributed by atoms with Gasteiger partial charge in [-0.3, -0.25) is 0 Å². The molecular weight excluding hydrogens is 232 g/mol. The van der Waals surface area contributed by atoms with Crippen molar-refractivity contribution in [2.24, 2.45) is 0 Å². The van der Waals surface area contributed by atoms with Crippen molar-refractivity contribution in [3.05, 3.63) is 29.8 Å². The number of hydrogen-bond acceptors (Lipinski definition) is 3. The van der Waals surface area contributed by atoms with Crippen LogP contribution >= 0.6 is 11.8 Å². The van der Waals surface area contributed by atoms with Crippen LogP contribution in [-0.2, 0) is 6.42 Å². The first-order valence-electron chi connectivity index (χ1n) is 6.11. The van der Waals surface area contributed by atoms with Crippen LogP contribution in [0, 0.1) is 0 Å². The van der Waals surface area contributed by atoms with Gasteiger partial charge in [-0.15, -0.1) is 0 Å². The average molecular weight is 252 g/mol. The molecule has 1 saturated heterocycles. The third kappa shape index (κ3) is 2.96. The lowest BCUT2D eigenvalue weighted by Crippen LogP contribution is -2.43. The molecule has 1 aliphatic rings. The van der Waals surface area contributed by atoms with Gasteiger partial charge < -0.3 is 9.84 Å².